The number of oxazole rings is 1. The second-order valence-corrected chi connectivity index (χ2v) is 5.72. The van der Waals surface area contributed by atoms with Crippen LogP contribution in [0.5, 0.6) is 0 Å². The zero-order valence-corrected chi connectivity index (χ0v) is 13.2. The molecular formula is C16H18N6O2. The van der Waals surface area contributed by atoms with Gasteiger partial charge in [0.15, 0.2) is 11.2 Å². The van der Waals surface area contributed by atoms with Crippen LogP contribution in [0.25, 0.3) is 11.2 Å². The summed E-state index contributed by atoms with van der Waals surface area (Å²) in [6, 6.07) is 5.35. The van der Waals surface area contributed by atoms with Gasteiger partial charge in [-0.05, 0) is 18.2 Å². The van der Waals surface area contributed by atoms with Gasteiger partial charge in [0.1, 0.15) is 0 Å². The Kier molecular flexibility index (Phi) is 3.96. The number of aromatic nitrogens is 4. The normalized spacial score (nSPS) is 15.9. The van der Waals surface area contributed by atoms with E-state index in [1.807, 2.05) is 6.07 Å². The van der Waals surface area contributed by atoms with Crippen molar-refractivity contribution in [3.63, 3.8) is 0 Å². The quantitative estimate of drug-likeness (QED) is 0.694. The van der Waals surface area contributed by atoms with E-state index in [-0.39, 0.29) is 5.76 Å². The monoisotopic (exact) mass is 326 g/mol. The Morgan fingerprint density at radius 3 is 2.50 bits per heavy atom. The van der Waals surface area contributed by atoms with E-state index in [2.05, 4.69) is 24.8 Å². The molecule has 124 valence electrons. The van der Waals surface area contributed by atoms with Crippen molar-refractivity contribution in [1.29, 1.82) is 0 Å². The molecule has 0 amide bonds. The first kappa shape index (κ1) is 14.8. The van der Waals surface area contributed by atoms with Crippen molar-refractivity contribution in [1.82, 2.24) is 24.4 Å². The average Bonchev–Trinajstić information content (AvgIpc) is 2.96. The van der Waals surface area contributed by atoms with Crippen LogP contribution in [0.1, 0.15) is 0 Å². The molecule has 0 aromatic carbocycles. The summed E-state index contributed by atoms with van der Waals surface area (Å²) in [5.41, 5.74) is 1.15. The smallest absolute Gasteiger partial charge is 0.406 e. The Morgan fingerprint density at radius 2 is 1.71 bits per heavy atom. The van der Waals surface area contributed by atoms with Crippen molar-refractivity contribution in [2.75, 3.05) is 37.6 Å². The van der Waals surface area contributed by atoms with E-state index in [1.54, 1.807) is 35.3 Å². The van der Waals surface area contributed by atoms with E-state index in [0.717, 1.165) is 38.7 Å². The van der Waals surface area contributed by atoms with E-state index in [4.69, 9.17) is 4.42 Å². The van der Waals surface area contributed by atoms with Gasteiger partial charge in [0.25, 0.3) is 0 Å². The molecule has 0 bridgehead atoms. The predicted octanol–water partition coefficient (Wildman–Crippen LogP) is 0.602. The maximum atomic E-state index is 12.0. The van der Waals surface area contributed by atoms with Gasteiger partial charge in [0.05, 0.1) is 0 Å². The summed E-state index contributed by atoms with van der Waals surface area (Å²) in [5, 5.41) is 0. The number of pyridine rings is 1. The van der Waals surface area contributed by atoms with Gasteiger partial charge in [-0.25, -0.2) is 19.7 Å². The van der Waals surface area contributed by atoms with Gasteiger partial charge >= 0.3 is 5.76 Å². The zero-order chi connectivity index (χ0) is 16.4. The van der Waals surface area contributed by atoms with Gasteiger partial charge in [0, 0.05) is 57.9 Å². The highest BCUT2D eigenvalue weighted by Gasteiger charge is 2.19. The number of hydrogen-bond donors (Lipinski definition) is 0. The Morgan fingerprint density at radius 1 is 0.958 bits per heavy atom. The van der Waals surface area contributed by atoms with E-state index < -0.39 is 0 Å². The van der Waals surface area contributed by atoms with Crippen molar-refractivity contribution < 1.29 is 4.42 Å². The van der Waals surface area contributed by atoms with Gasteiger partial charge in [-0.3, -0.25) is 9.47 Å². The molecule has 1 saturated heterocycles. The lowest BCUT2D eigenvalue weighted by atomic mass is 10.3. The number of nitrogens with zero attached hydrogens (tertiary/aromatic N) is 6. The lowest BCUT2D eigenvalue weighted by molar-refractivity contribution is 0.245. The van der Waals surface area contributed by atoms with Crippen molar-refractivity contribution in [3.05, 3.63) is 47.3 Å². The molecule has 0 N–H and O–H groups in total. The van der Waals surface area contributed by atoms with Crippen molar-refractivity contribution in [3.8, 4) is 0 Å². The minimum atomic E-state index is -0.347. The van der Waals surface area contributed by atoms with Gasteiger partial charge in [-0.2, -0.15) is 0 Å². The molecule has 24 heavy (non-hydrogen) atoms. The van der Waals surface area contributed by atoms with Crippen molar-refractivity contribution in [2.45, 2.75) is 6.54 Å². The maximum Gasteiger partial charge on any atom is 0.421 e. The number of fused-ring (bicyclic) bond motifs is 1. The molecule has 0 radical (unpaired) electrons. The Bertz CT molecular complexity index is 867. The van der Waals surface area contributed by atoms with Crippen LogP contribution in [-0.2, 0) is 6.54 Å². The second-order valence-electron chi connectivity index (χ2n) is 5.72. The van der Waals surface area contributed by atoms with Gasteiger partial charge in [0.2, 0.25) is 5.95 Å². The molecule has 3 aromatic rings. The number of hydrogen-bond acceptors (Lipinski definition) is 7. The third-order valence-corrected chi connectivity index (χ3v) is 4.27. The first-order valence-electron chi connectivity index (χ1n) is 8.00. The predicted molar refractivity (Wildman–Crippen MR) is 89.0 cm³/mol. The van der Waals surface area contributed by atoms with Gasteiger partial charge in [-0.1, -0.05) is 0 Å². The summed E-state index contributed by atoms with van der Waals surface area (Å²) in [6.45, 7) is 4.94. The summed E-state index contributed by atoms with van der Waals surface area (Å²) in [7, 11) is 0. The Balaban J connectivity index is 1.37. The lowest BCUT2D eigenvalue weighted by Crippen LogP contribution is -2.48. The van der Waals surface area contributed by atoms with E-state index in [0.29, 0.717) is 17.8 Å². The van der Waals surface area contributed by atoms with Crippen LogP contribution < -0.4 is 10.7 Å². The summed E-state index contributed by atoms with van der Waals surface area (Å²) < 4.78 is 6.81. The largest absolute Gasteiger partial charge is 0.421 e. The molecule has 0 spiro atoms. The molecule has 0 saturated carbocycles. The van der Waals surface area contributed by atoms with Crippen LogP contribution in [0.3, 0.4) is 0 Å². The minimum Gasteiger partial charge on any atom is -0.406 e. The van der Waals surface area contributed by atoms with Gasteiger partial charge in [-0.15, -0.1) is 0 Å². The molecule has 8 nitrogen and oxygen atoms in total. The molecule has 4 heterocycles. The summed E-state index contributed by atoms with van der Waals surface area (Å²) >= 11 is 0. The van der Waals surface area contributed by atoms with Crippen molar-refractivity contribution in [2.24, 2.45) is 0 Å². The van der Waals surface area contributed by atoms with Crippen LogP contribution >= 0.6 is 0 Å². The molecule has 0 unspecified atom stereocenters. The number of anilines is 1. The third-order valence-electron chi connectivity index (χ3n) is 4.27. The fourth-order valence-electron chi connectivity index (χ4n) is 2.96. The molecule has 3 aromatic heterocycles. The maximum absolute atomic E-state index is 12.0. The van der Waals surface area contributed by atoms with Gasteiger partial charge < -0.3 is 9.32 Å². The Labute approximate surface area is 138 Å². The molecule has 4 rings (SSSR count). The highest BCUT2D eigenvalue weighted by Crippen LogP contribution is 2.11. The topological polar surface area (TPSA) is 80.3 Å². The third kappa shape index (κ3) is 2.88. The molecule has 1 aliphatic rings. The van der Waals surface area contributed by atoms with Crippen LogP contribution in [0, 0.1) is 0 Å². The zero-order valence-electron chi connectivity index (χ0n) is 13.2. The standard InChI is InChI=1S/C16H18N6O2/c23-16-22(14-13(24-16)3-1-4-17-14)12-9-20-7-10-21(11-8-20)15-18-5-2-6-19-15/h1-6H,7-12H2. The summed E-state index contributed by atoms with van der Waals surface area (Å²) in [6.07, 6.45) is 5.20. The van der Waals surface area contributed by atoms with E-state index >= 15 is 0 Å². The minimum absolute atomic E-state index is 0.347. The van der Waals surface area contributed by atoms with E-state index in [1.165, 1.54) is 0 Å². The van der Waals surface area contributed by atoms with Crippen LogP contribution in [0.4, 0.5) is 5.95 Å². The van der Waals surface area contributed by atoms with Crippen LogP contribution in [-0.4, -0.2) is 57.1 Å². The molecule has 1 aliphatic heterocycles. The highest BCUT2D eigenvalue weighted by molar-refractivity contribution is 5.67. The number of piperazine rings is 1. The molecule has 1 fully saturated rings. The molecule has 0 aliphatic carbocycles. The fraction of sp³-hybridized carbons (Fsp3) is 0.375. The van der Waals surface area contributed by atoms with E-state index in [9.17, 15) is 4.79 Å². The Hall–Kier alpha value is -2.74. The highest BCUT2D eigenvalue weighted by atomic mass is 16.4. The molecular weight excluding hydrogens is 308 g/mol. The fourth-order valence-corrected chi connectivity index (χ4v) is 2.96. The van der Waals surface area contributed by atoms with Crippen LogP contribution in [0.15, 0.2) is 46.0 Å². The molecule has 0 atom stereocenters. The number of rotatable bonds is 4. The second kappa shape index (κ2) is 6.40. The molecule has 8 heteroatoms. The lowest BCUT2D eigenvalue weighted by Gasteiger charge is -2.34. The first-order chi connectivity index (χ1) is 11.8. The average molecular weight is 326 g/mol. The summed E-state index contributed by atoms with van der Waals surface area (Å²) in [4.78, 5) is 29.3. The summed E-state index contributed by atoms with van der Waals surface area (Å²) in [5.74, 6) is 0.429. The SMILES string of the molecule is O=c1oc2cccnc2n1CCN1CCN(c2ncccn2)CC1. The van der Waals surface area contributed by atoms with Crippen molar-refractivity contribution >= 4 is 17.2 Å². The van der Waals surface area contributed by atoms with Crippen LogP contribution in [0.2, 0.25) is 0 Å². The first-order valence-corrected chi connectivity index (χ1v) is 8.00.